The van der Waals surface area contributed by atoms with E-state index in [-0.39, 0.29) is 17.2 Å². The molecule has 138 valence electrons. The van der Waals surface area contributed by atoms with Crippen LogP contribution in [0.3, 0.4) is 0 Å². The van der Waals surface area contributed by atoms with Crippen molar-refractivity contribution in [1.82, 2.24) is 0 Å². The zero-order valence-electron chi connectivity index (χ0n) is 14.4. The van der Waals surface area contributed by atoms with Gasteiger partial charge in [0.2, 0.25) is 0 Å². The summed E-state index contributed by atoms with van der Waals surface area (Å²) in [5, 5.41) is 2.71. The first-order chi connectivity index (χ1) is 12.4. The van der Waals surface area contributed by atoms with E-state index >= 15 is 0 Å². The second-order valence-corrected chi connectivity index (χ2v) is 5.77. The maximum absolute atomic E-state index is 12.1. The highest BCUT2D eigenvalue weighted by molar-refractivity contribution is 5.96. The molecular formula is C19H19F2NO4. The molecule has 2 aromatic rings. The Bertz CT molecular complexity index is 760. The van der Waals surface area contributed by atoms with E-state index in [4.69, 9.17) is 4.74 Å². The molecule has 0 unspecified atom stereocenters. The molecule has 0 aromatic heterocycles. The summed E-state index contributed by atoms with van der Waals surface area (Å²) >= 11 is 0. The molecule has 2 aromatic carbocycles. The van der Waals surface area contributed by atoms with Gasteiger partial charge in [0.15, 0.2) is 6.61 Å². The summed E-state index contributed by atoms with van der Waals surface area (Å²) in [5.74, 6) is -1.05. The summed E-state index contributed by atoms with van der Waals surface area (Å²) in [7, 11) is 0. The molecule has 7 heteroatoms. The number of ether oxygens (including phenoxy) is 2. The van der Waals surface area contributed by atoms with E-state index < -0.39 is 25.1 Å². The van der Waals surface area contributed by atoms with E-state index in [1.54, 1.807) is 12.1 Å². The van der Waals surface area contributed by atoms with Crippen LogP contribution in [-0.4, -0.2) is 25.1 Å². The number of benzene rings is 2. The fourth-order valence-electron chi connectivity index (χ4n) is 2.29. The Morgan fingerprint density at radius 1 is 1.04 bits per heavy atom. The van der Waals surface area contributed by atoms with Crippen LogP contribution in [0, 0.1) is 0 Å². The van der Waals surface area contributed by atoms with Gasteiger partial charge in [0, 0.05) is 5.69 Å². The van der Waals surface area contributed by atoms with Crippen LogP contribution in [0.1, 0.15) is 35.7 Å². The first-order valence-electron chi connectivity index (χ1n) is 7.97. The summed E-state index contributed by atoms with van der Waals surface area (Å²) in [6.45, 7) is 0.615. The van der Waals surface area contributed by atoms with Crippen molar-refractivity contribution in [3.63, 3.8) is 0 Å². The van der Waals surface area contributed by atoms with Crippen molar-refractivity contribution in [2.75, 3.05) is 11.9 Å². The van der Waals surface area contributed by atoms with E-state index in [0.29, 0.717) is 5.69 Å². The number of carbonyl (C=O) groups excluding carboxylic acids is 2. The number of carbonyl (C=O) groups is 2. The van der Waals surface area contributed by atoms with Crippen molar-refractivity contribution < 1.29 is 27.8 Å². The first-order valence-corrected chi connectivity index (χ1v) is 7.97. The van der Waals surface area contributed by atoms with Gasteiger partial charge in [-0.1, -0.05) is 32.0 Å². The summed E-state index contributed by atoms with van der Waals surface area (Å²) in [5.41, 5.74) is 1.76. The Hall–Kier alpha value is -2.96. The van der Waals surface area contributed by atoms with Gasteiger partial charge in [-0.05, 0) is 41.8 Å². The summed E-state index contributed by atoms with van der Waals surface area (Å²) in [4.78, 5) is 23.9. The lowest BCUT2D eigenvalue weighted by Crippen LogP contribution is -2.21. The Balaban J connectivity index is 1.90. The molecule has 2 rings (SSSR count). The number of rotatable bonds is 7. The molecule has 0 aliphatic carbocycles. The van der Waals surface area contributed by atoms with Crippen LogP contribution in [0.25, 0.3) is 0 Å². The van der Waals surface area contributed by atoms with E-state index in [0.717, 1.165) is 5.56 Å². The van der Waals surface area contributed by atoms with Crippen LogP contribution >= 0.6 is 0 Å². The highest BCUT2D eigenvalue weighted by Crippen LogP contribution is 2.23. The first kappa shape index (κ1) is 19.4. The van der Waals surface area contributed by atoms with Gasteiger partial charge in [0.1, 0.15) is 5.75 Å². The lowest BCUT2D eigenvalue weighted by molar-refractivity contribution is -0.119. The lowest BCUT2D eigenvalue weighted by Gasteiger charge is -2.13. The Kier molecular flexibility index (Phi) is 6.66. The third-order valence-corrected chi connectivity index (χ3v) is 3.51. The van der Waals surface area contributed by atoms with Crippen LogP contribution in [0.4, 0.5) is 14.5 Å². The van der Waals surface area contributed by atoms with Gasteiger partial charge < -0.3 is 14.8 Å². The van der Waals surface area contributed by atoms with Crippen molar-refractivity contribution in [3.8, 4) is 5.75 Å². The van der Waals surface area contributed by atoms with Crippen LogP contribution in [-0.2, 0) is 9.53 Å². The molecule has 1 amide bonds. The Morgan fingerprint density at radius 3 is 2.31 bits per heavy atom. The van der Waals surface area contributed by atoms with E-state index in [1.807, 2.05) is 26.0 Å². The third kappa shape index (κ3) is 5.54. The van der Waals surface area contributed by atoms with Gasteiger partial charge >= 0.3 is 12.6 Å². The van der Waals surface area contributed by atoms with E-state index in [9.17, 15) is 18.4 Å². The molecule has 0 radical (unpaired) electrons. The minimum atomic E-state index is -2.94. The number of hydrogen-bond donors (Lipinski definition) is 1. The van der Waals surface area contributed by atoms with Crippen molar-refractivity contribution in [1.29, 1.82) is 0 Å². The molecule has 0 saturated carbocycles. The SMILES string of the molecule is CC(C)c1ccccc1NC(=O)COC(=O)c1ccc(OC(F)F)cc1. The molecular weight excluding hydrogens is 344 g/mol. The van der Waals surface area contributed by atoms with Crippen molar-refractivity contribution >= 4 is 17.6 Å². The van der Waals surface area contributed by atoms with Gasteiger partial charge in [-0.15, -0.1) is 0 Å². The van der Waals surface area contributed by atoms with Gasteiger partial charge in [0.05, 0.1) is 5.56 Å². The quantitative estimate of drug-likeness (QED) is 0.749. The number of amides is 1. The molecule has 1 N–H and O–H groups in total. The molecule has 0 atom stereocenters. The smallest absolute Gasteiger partial charge is 0.387 e. The highest BCUT2D eigenvalue weighted by atomic mass is 19.3. The van der Waals surface area contributed by atoms with Gasteiger partial charge in [0.25, 0.3) is 5.91 Å². The highest BCUT2D eigenvalue weighted by Gasteiger charge is 2.13. The normalized spacial score (nSPS) is 10.7. The van der Waals surface area contributed by atoms with E-state index in [1.165, 1.54) is 24.3 Å². The minimum Gasteiger partial charge on any atom is -0.452 e. The van der Waals surface area contributed by atoms with Crippen LogP contribution < -0.4 is 10.1 Å². The maximum Gasteiger partial charge on any atom is 0.387 e. The largest absolute Gasteiger partial charge is 0.452 e. The van der Waals surface area contributed by atoms with Crippen molar-refractivity contribution in [3.05, 3.63) is 59.7 Å². The van der Waals surface area contributed by atoms with Crippen molar-refractivity contribution in [2.24, 2.45) is 0 Å². The molecule has 0 aliphatic rings. The second-order valence-electron chi connectivity index (χ2n) is 5.77. The number of alkyl halides is 2. The average Bonchev–Trinajstić information content (AvgIpc) is 2.60. The summed E-state index contributed by atoms with van der Waals surface area (Å²) in [6.07, 6.45) is 0. The second kappa shape index (κ2) is 8.94. The zero-order valence-corrected chi connectivity index (χ0v) is 14.4. The molecule has 26 heavy (non-hydrogen) atoms. The zero-order chi connectivity index (χ0) is 19.1. The minimum absolute atomic E-state index is 0.0698. The third-order valence-electron chi connectivity index (χ3n) is 3.51. The van der Waals surface area contributed by atoms with Gasteiger partial charge in [-0.2, -0.15) is 8.78 Å². The molecule has 5 nitrogen and oxygen atoms in total. The monoisotopic (exact) mass is 363 g/mol. The Labute approximate surface area is 149 Å². The fourth-order valence-corrected chi connectivity index (χ4v) is 2.29. The predicted octanol–water partition coefficient (Wildman–Crippen LogP) is 4.21. The summed E-state index contributed by atoms with van der Waals surface area (Å²) < 4.78 is 33.3. The molecule has 0 aliphatic heterocycles. The predicted molar refractivity (Wildman–Crippen MR) is 92.5 cm³/mol. The fraction of sp³-hybridized carbons (Fsp3) is 0.263. The number of nitrogens with one attached hydrogen (secondary N) is 1. The topological polar surface area (TPSA) is 64.6 Å². The van der Waals surface area contributed by atoms with E-state index in [2.05, 4.69) is 10.1 Å². The van der Waals surface area contributed by atoms with Crippen LogP contribution in [0.2, 0.25) is 0 Å². The van der Waals surface area contributed by atoms with Gasteiger partial charge in [-0.3, -0.25) is 4.79 Å². The number of esters is 1. The number of hydrogen-bond acceptors (Lipinski definition) is 4. The van der Waals surface area contributed by atoms with Gasteiger partial charge in [-0.25, -0.2) is 4.79 Å². The molecule has 0 bridgehead atoms. The van der Waals surface area contributed by atoms with Crippen LogP contribution in [0.5, 0.6) is 5.75 Å². The Morgan fingerprint density at radius 2 is 1.69 bits per heavy atom. The summed E-state index contributed by atoms with van der Waals surface area (Å²) in [6, 6.07) is 12.4. The van der Waals surface area contributed by atoms with Crippen molar-refractivity contribution in [2.45, 2.75) is 26.4 Å². The number of halogens is 2. The molecule has 0 fully saturated rings. The van der Waals surface area contributed by atoms with Crippen LogP contribution in [0.15, 0.2) is 48.5 Å². The maximum atomic E-state index is 12.1. The lowest BCUT2D eigenvalue weighted by atomic mass is 10.0. The standard InChI is InChI=1S/C19H19F2NO4/c1-12(2)15-5-3-4-6-16(15)22-17(23)11-25-18(24)13-7-9-14(10-8-13)26-19(20)21/h3-10,12,19H,11H2,1-2H3,(H,22,23). The molecule has 0 heterocycles. The molecule has 0 spiro atoms. The number of para-hydroxylation sites is 1. The average molecular weight is 363 g/mol. The molecule has 0 saturated heterocycles. The number of anilines is 1.